The number of aryl methyl sites for hydroxylation is 1. The van der Waals surface area contributed by atoms with Crippen LogP contribution in [0.4, 0.5) is 13.2 Å². The van der Waals surface area contributed by atoms with E-state index in [-0.39, 0.29) is 29.5 Å². The maximum absolute atomic E-state index is 13.1. The summed E-state index contributed by atoms with van der Waals surface area (Å²) in [4.78, 5) is 14.5. The number of thioether (sulfide) groups is 1. The van der Waals surface area contributed by atoms with Crippen molar-refractivity contribution in [3.8, 4) is 0 Å². The predicted molar refractivity (Wildman–Crippen MR) is 117 cm³/mol. The van der Waals surface area contributed by atoms with Crippen LogP contribution in [0.15, 0.2) is 53.4 Å². The number of piperidine rings is 1. The van der Waals surface area contributed by atoms with Gasteiger partial charge in [-0.3, -0.25) is 4.79 Å². The summed E-state index contributed by atoms with van der Waals surface area (Å²) in [6.07, 6.45) is -3.52. The average Bonchev–Trinajstić information content (AvgIpc) is 3.16. The third-order valence-electron chi connectivity index (χ3n) is 6.04. The minimum absolute atomic E-state index is 0.203. The molecular formula is C22H23F3N2O3S2. The number of sulfonamides is 1. The van der Waals surface area contributed by atoms with Gasteiger partial charge in [-0.2, -0.15) is 17.5 Å². The van der Waals surface area contributed by atoms with Crippen molar-refractivity contribution in [1.82, 2.24) is 9.21 Å². The number of nitrogens with zero attached hydrogens (tertiary/aromatic N) is 2. The fraction of sp³-hybridized carbons (Fsp3) is 0.409. The minimum Gasteiger partial charge on any atom is -0.323 e. The number of hydrogen-bond donors (Lipinski definition) is 0. The van der Waals surface area contributed by atoms with Crippen molar-refractivity contribution in [3.63, 3.8) is 0 Å². The van der Waals surface area contributed by atoms with Gasteiger partial charge in [0.15, 0.2) is 0 Å². The van der Waals surface area contributed by atoms with Crippen LogP contribution in [-0.4, -0.2) is 53.8 Å². The molecule has 0 radical (unpaired) electrons. The molecule has 2 aromatic carbocycles. The van der Waals surface area contributed by atoms with Crippen LogP contribution in [-0.2, 0) is 16.2 Å². The Labute approximate surface area is 189 Å². The van der Waals surface area contributed by atoms with Crippen LogP contribution >= 0.6 is 11.8 Å². The fourth-order valence-electron chi connectivity index (χ4n) is 4.20. The van der Waals surface area contributed by atoms with Gasteiger partial charge >= 0.3 is 6.18 Å². The number of hydrogen-bond acceptors (Lipinski definition) is 4. The lowest BCUT2D eigenvalue weighted by Gasteiger charge is -2.43. The highest BCUT2D eigenvalue weighted by atomic mass is 32.2. The van der Waals surface area contributed by atoms with Crippen LogP contribution in [0.5, 0.6) is 0 Å². The number of alkyl halides is 3. The minimum atomic E-state index is -4.46. The third-order valence-corrected chi connectivity index (χ3v) is 9.51. The van der Waals surface area contributed by atoms with Crippen LogP contribution in [0.1, 0.15) is 34.3 Å². The Balaban J connectivity index is 1.49. The molecule has 10 heteroatoms. The maximum atomic E-state index is 13.1. The first kappa shape index (κ1) is 23.1. The van der Waals surface area contributed by atoms with E-state index in [0.717, 1.165) is 17.7 Å². The zero-order chi connectivity index (χ0) is 23.1. The van der Waals surface area contributed by atoms with Gasteiger partial charge in [0, 0.05) is 31.0 Å². The maximum Gasteiger partial charge on any atom is 0.416 e. The van der Waals surface area contributed by atoms with Crippen molar-refractivity contribution >= 4 is 27.7 Å². The van der Waals surface area contributed by atoms with Crippen molar-refractivity contribution in [2.45, 2.75) is 35.7 Å². The molecule has 1 spiro atoms. The zero-order valence-corrected chi connectivity index (χ0v) is 19.1. The van der Waals surface area contributed by atoms with Crippen molar-refractivity contribution < 1.29 is 26.4 Å². The van der Waals surface area contributed by atoms with E-state index >= 15 is 0 Å². The standard InChI is InChI=1S/C22H23F3N2O3S2/c1-16-2-8-19(9-3-16)32(29,30)26-12-10-21(11-13-26)27(14-15-31-21)20(28)17-4-6-18(7-5-17)22(23,24)25/h2-9H,10-15H2,1H3. The molecule has 2 aliphatic rings. The molecule has 172 valence electrons. The lowest BCUT2D eigenvalue weighted by atomic mass is 10.0. The summed E-state index contributed by atoms with van der Waals surface area (Å²) in [6.45, 7) is 2.93. The second-order valence-electron chi connectivity index (χ2n) is 8.04. The van der Waals surface area contributed by atoms with Crippen LogP contribution < -0.4 is 0 Å². The Morgan fingerprint density at radius 3 is 2.12 bits per heavy atom. The Bertz CT molecular complexity index is 1090. The van der Waals surface area contributed by atoms with Gasteiger partial charge in [-0.1, -0.05) is 17.7 Å². The van der Waals surface area contributed by atoms with E-state index < -0.39 is 26.6 Å². The summed E-state index contributed by atoms with van der Waals surface area (Å²) in [5.74, 6) is 0.385. The highest BCUT2D eigenvalue weighted by Crippen LogP contribution is 2.45. The lowest BCUT2D eigenvalue weighted by Crippen LogP contribution is -2.53. The first-order valence-electron chi connectivity index (χ1n) is 10.2. The summed E-state index contributed by atoms with van der Waals surface area (Å²) in [7, 11) is -3.62. The molecule has 0 N–H and O–H groups in total. The molecule has 0 saturated carbocycles. The van der Waals surface area contributed by atoms with E-state index in [1.165, 1.54) is 16.4 Å². The van der Waals surface area contributed by atoms with Gasteiger partial charge < -0.3 is 4.90 Å². The molecule has 5 nitrogen and oxygen atoms in total. The summed E-state index contributed by atoms with van der Waals surface area (Å²) in [5, 5.41) is 0. The number of rotatable bonds is 3. The van der Waals surface area contributed by atoms with Gasteiger partial charge in [0.25, 0.3) is 5.91 Å². The SMILES string of the molecule is Cc1ccc(S(=O)(=O)N2CCC3(CC2)SCCN3C(=O)c2ccc(C(F)(F)F)cc2)cc1. The van der Waals surface area contributed by atoms with Crippen molar-refractivity contribution in [1.29, 1.82) is 0 Å². The van der Waals surface area contributed by atoms with Gasteiger partial charge in [-0.05, 0) is 56.2 Å². The molecule has 4 rings (SSSR count). The molecule has 0 aromatic heterocycles. The van der Waals surface area contributed by atoms with Gasteiger partial charge in [-0.15, -0.1) is 11.8 Å². The molecule has 0 unspecified atom stereocenters. The smallest absolute Gasteiger partial charge is 0.323 e. The Kier molecular flexibility index (Phi) is 6.06. The van der Waals surface area contributed by atoms with Crippen LogP contribution in [0.25, 0.3) is 0 Å². The number of halogens is 3. The van der Waals surface area contributed by atoms with Crippen molar-refractivity contribution in [2.75, 3.05) is 25.4 Å². The molecule has 1 amide bonds. The lowest BCUT2D eigenvalue weighted by molar-refractivity contribution is -0.137. The van der Waals surface area contributed by atoms with E-state index in [9.17, 15) is 26.4 Å². The van der Waals surface area contributed by atoms with E-state index in [2.05, 4.69) is 0 Å². The van der Waals surface area contributed by atoms with Crippen molar-refractivity contribution in [3.05, 3.63) is 65.2 Å². The molecule has 32 heavy (non-hydrogen) atoms. The second kappa shape index (κ2) is 8.39. The fourth-order valence-corrected chi connectivity index (χ4v) is 7.10. The Morgan fingerprint density at radius 1 is 0.969 bits per heavy atom. The average molecular weight is 485 g/mol. The first-order chi connectivity index (χ1) is 15.0. The van der Waals surface area contributed by atoms with E-state index in [1.54, 1.807) is 40.9 Å². The number of carbonyl (C=O) groups is 1. The number of carbonyl (C=O) groups excluding carboxylic acids is 1. The van der Waals surface area contributed by atoms with Gasteiger partial charge in [0.05, 0.1) is 15.3 Å². The highest BCUT2D eigenvalue weighted by molar-refractivity contribution is 8.00. The first-order valence-corrected chi connectivity index (χ1v) is 12.7. The van der Waals surface area contributed by atoms with E-state index in [0.29, 0.717) is 25.1 Å². The topological polar surface area (TPSA) is 57.7 Å². The Hall–Kier alpha value is -2.04. The Morgan fingerprint density at radius 2 is 1.56 bits per heavy atom. The molecule has 0 bridgehead atoms. The van der Waals surface area contributed by atoms with Crippen LogP contribution in [0, 0.1) is 6.92 Å². The summed E-state index contributed by atoms with van der Waals surface area (Å²) >= 11 is 1.62. The summed E-state index contributed by atoms with van der Waals surface area (Å²) in [5.41, 5.74) is 0.380. The third kappa shape index (κ3) is 4.27. The molecule has 2 aromatic rings. The number of benzene rings is 2. The van der Waals surface area contributed by atoms with Gasteiger partial charge in [-0.25, -0.2) is 8.42 Å². The second-order valence-corrected chi connectivity index (χ2v) is 11.4. The molecular weight excluding hydrogens is 461 g/mol. The summed E-state index contributed by atoms with van der Waals surface area (Å²) in [6, 6.07) is 11.0. The van der Waals surface area contributed by atoms with Gasteiger partial charge in [0.2, 0.25) is 10.0 Å². The quantitative estimate of drug-likeness (QED) is 0.649. The van der Waals surface area contributed by atoms with Crippen LogP contribution in [0.2, 0.25) is 0 Å². The van der Waals surface area contributed by atoms with Crippen molar-refractivity contribution in [2.24, 2.45) is 0 Å². The molecule has 2 saturated heterocycles. The van der Waals surface area contributed by atoms with Gasteiger partial charge in [0.1, 0.15) is 0 Å². The normalized spacial score (nSPS) is 19.4. The monoisotopic (exact) mass is 484 g/mol. The molecule has 2 aliphatic heterocycles. The van der Waals surface area contributed by atoms with E-state index in [1.807, 2.05) is 6.92 Å². The summed E-state index contributed by atoms with van der Waals surface area (Å²) < 4.78 is 65.9. The van der Waals surface area contributed by atoms with Crippen LogP contribution in [0.3, 0.4) is 0 Å². The molecule has 0 aliphatic carbocycles. The molecule has 2 fully saturated rings. The molecule has 2 heterocycles. The molecule has 0 atom stereocenters. The predicted octanol–water partition coefficient (Wildman–Crippen LogP) is 4.38. The zero-order valence-electron chi connectivity index (χ0n) is 17.4. The highest BCUT2D eigenvalue weighted by Gasteiger charge is 2.48. The number of amides is 1. The largest absolute Gasteiger partial charge is 0.416 e. The van der Waals surface area contributed by atoms with E-state index in [4.69, 9.17) is 0 Å².